The summed E-state index contributed by atoms with van der Waals surface area (Å²) >= 11 is 0. The quantitative estimate of drug-likeness (QED) is 0.200. The van der Waals surface area contributed by atoms with Gasteiger partial charge in [0, 0.05) is 35.4 Å². The number of aromatic nitrogens is 1. The molecule has 3 aromatic carbocycles. The number of hydrogen-bond donors (Lipinski definition) is 0. The van der Waals surface area contributed by atoms with E-state index < -0.39 is 18.1 Å². The molecule has 0 N–H and O–H groups in total. The first-order valence-electron chi connectivity index (χ1n) is 13.9. The molecule has 5 aromatic rings. The molecule has 0 spiro atoms. The van der Waals surface area contributed by atoms with Crippen molar-refractivity contribution in [2.45, 2.75) is 34.1 Å². The van der Waals surface area contributed by atoms with Crippen molar-refractivity contribution in [2.75, 3.05) is 0 Å². The van der Waals surface area contributed by atoms with Gasteiger partial charge in [-0.05, 0) is 36.0 Å². The molecule has 0 radical (unpaired) electrons. The maximum absolute atomic E-state index is 8.58. The highest BCUT2D eigenvalue weighted by Gasteiger charge is 2.24. The molecule has 5 rings (SSSR count). The molecule has 2 aromatic heterocycles. The van der Waals surface area contributed by atoms with Gasteiger partial charge >= 0.3 is 0 Å². The lowest BCUT2D eigenvalue weighted by molar-refractivity contribution is -0.666. The smallest absolute Gasteiger partial charge is 0.216 e. The maximum Gasteiger partial charge on any atom is 0.216 e. The van der Waals surface area contributed by atoms with Crippen molar-refractivity contribution in [3.05, 3.63) is 94.8 Å². The van der Waals surface area contributed by atoms with E-state index in [1.54, 1.807) is 6.07 Å². The zero-order chi connectivity index (χ0) is 28.3. The monoisotopic (exact) mass is 450 g/mol. The first kappa shape index (κ1) is 16.7. The Kier molecular flexibility index (Phi) is 4.15. The first-order chi connectivity index (χ1) is 18.5. The Labute approximate surface area is 208 Å². The lowest BCUT2D eigenvalue weighted by atomic mass is 9.96. The molecule has 0 fully saturated rings. The van der Waals surface area contributed by atoms with Crippen LogP contribution in [0.5, 0.6) is 0 Å². The third-order valence-electron chi connectivity index (χ3n) is 6.37. The predicted molar refractivity (Wildman–Crippen MR) is 140 cm³/mol. The van der Waals surface area contributed by atoms with Crippen molar-refractivity contribution in [1.29, 1.82) is 0 Å². The Hall–Kier alpha value is -3.90. The lowest BCUT2D eigenvalue weighted by Crippen LogP contribution is -2.35. The van der Waals surface area contributed by atoms with E-state index in [2.05, 4.69) is 42.3 Å². The average molecular weight is 451 g/mol. The van der Waals surface area contributed by atoms with Gasteiger partial charge in [-0.15, -0.1) is 0 Å². The van der Waals surface area contributed by atoms with Crippen LogP contribution in [0.25, 0.3) is 49.2 Å². The van der Waals surface area contributed by atoms with E-state index in [1.165, 1.54) is 5.56 Å². The van der Waals surface area contributed by atoms with E-state index in [0.29, 0.717) is 17.1 Å². The van der Waals surface area contributed by atoms with Crippen LogP contribution in [0, 0.1) is 26.3 Å². The summed E-state index contributed by atoms with van der Waals surface area (Å²) in [6.07, 6.45) is 0.942. The van der Waals surface area contributed by atoms with Crippen LogP contribution < -0.4 is 4.57 Å². The highest BCUT2D eigenvalue weighted by atomic mass is 16.3. The predicted octanol–water partition coefficient (Wildman–Crippen LogP) is 8.11. The van der Waals surface area contributed by atoms with Gasteiger partial charge in [0.25, 0.3) is 0 Å². The third-order valence-corrected chi connectivity index (χ3v) is 6.37. The molecule has 3 heteroatoms. The van der Waals surface area contributed by atoms with Crippen LogP contribution in [0.1, 0.15) is 37.5 Å². The van der Waals surface area contributed by atoms with E-state index in [9.17, 15) is 0 Å². The fourth-order valence-corrected chi connectivity index (χ4v) is 4.72. The summed E-state index contributed by atoms with van der Waals surface area (Å²) in [7, 11) is 2.03. The summed E-state index contributed by atoms with van der Waals surface area (Å²) in [5.74, 6) is 0.500. The second-order valence-corrected chi connectivity index (χ2v) is 9.23. The molecule has 0 bridgehead atoms. The minimum absolute atomic E-state index is 0.0322. The minimum Gasteiger partial charge on any atom is -0.456 e. The van der Waals surface area contributed by atoms with Gasteiger partial charge in [0.1, 0.15) is 18.2 Å². The second-order valence-electron chi connectivity index (χ2n) is 9.23. The van der Waals surface area contributed by atoms with E-state index in [4.69, 9.17) is 17.8 Å². The molecule has 168 valence electrons. The first-order valence-corrected chi connectivity index (χ1v) is 11.4. The SMILES string of the molecule is [2H]c1c([2H])c([2H])c(-c2c([N+]#[C-])ccc3c2oc2c(-c4cc(CC(C)C)cc(C)[n+]4C)c(C)ccc23)c([2H])c1[2H]. The number of pyridine rings is 1. The molecular formula is C31H29N2O+. The highest BCUT2D eigenvalue weighted by Crippen LogP contribution is 2.44. The van der Waals surface area contributed by atoms with Crippen LogP contribution in [0.4, 0.5) is 5.69 Å². The van der Waals surface area contributed by atoms with Crippen molar-refractivity contribution >= 4 is 27.6 Å². The molecule has 2 heterocycles. The number of nitrogens with zero attached hydrogens (tertiary/aromatic N) is 2. The molecular weight excluding hydrogens is 416 g/mol. The van der Waals surface area contributed by atoms with Crippen molar-refractivity contribution in [3.8, 4) is 22.4 Å². The molecule has 0 amide bonds. The van der Waals surface area contributed by atoms with Gasteiger partial charge in [-0.3, -0.25) is 0 Å². The largest absolute Gasteiger partial charge is 0.456 e. The van der Waals surface area contributed by atoms with Gasteiger partial charge in [-0.1, -0.05) is 68.3 Å². The fourth-order valence-electron chi connectivity index (χ4n) is 4.72. The number of furan rings is 1. The molecule has 0 saturated carbocycles. The highest BCUT2D eigenvalue weighted by molar-refractivity contribution is 6.15. The minimum atomic E-state index is -0.475. The molecule has 3 nitrogen and oxygen atoms in total. The summed E-state index contributed by atoms with van der Waals surface area (Å²) < 4.78 is 50.3. The van der Waals surface area contributed by atoms with Gasteiger partial charge < -0.3 is 4.42 Å². The summed E-state index contributed by atoms with van der Waals surface area (Å²) in [5, 5.41) is 1.56. The maximum atomic E-state index is 8.58. The molecule has 34 heavy (non-hydrogen) atoms. The van der Waals surface area contributed by atoms with Crippen LogP contribution in [0.15, 0.2) is 71.0 Å². The standard InChI is InChI=1S/C31H29N2O/c1-19(2)16-22-17-21(4)33(6)27(18-22)28-20(3)12-13-24-25-14-15-26(32-5)29(31(25)34-30(24)28)23-10-8-7-9-11-23/h7-15,17-19H,16H2,1-4,6H3/q+1/i7D,8D,9D,10D,11D. The van der Waals surface area contributed by atoms with Crippen molar-refractivity contribution in [2.24, 2.45) is 13.0 Å². The molecule has 0 aliphatic heterocycles. The van der Waals surface area contributed by atoms with Gasteiger partial charge in [0.2, 0.25) is 5.69 Å². The van der Waals surface area contributed by atoms with Crippen LogP contribution in [0.2, 0.25) is 0 Å². The number of hydrogen-bond acceptors (Lipinski definition) is 1. The molecule has 0 aliphatic carbocycles. The Morgan fingerprint density at radius 2 is 1.65 bits per heavy atom. The third kappa shape index (κ3) is 3.56. The molecule has 0 aliphatic rings. The van der Waals surface area contributed by atoms with E-state index >= 15 is 0 Å². The zero-order valence-electron chi connectivity index (χ0n) is 25.1. The number of rotatable bonds is 4. The lowest BCUT2D eigenvalue weighted by Gasteiger charge is -2.11. The number of benzene rings is 3. The summed E-state index contributed by atoms with van der Waals surface area (Å²) in [5.41, 5.74) is 6.62. The second kappa shape index (κ2) is 8.47. The summed E-state index contributed by atoms with van der Waals surface area (Å²) in [6, 6.07) is 9.78. The van der Waals surface area contributed by atoms with Crippen molar-refractivity contribution in [3.63, 3.8) is 0 Å². The van der Waals surface area contributed by atoms with Crippen LogP contribution >= 0.6 is 0 Å². The van der Waals surface area contributed by atoms with Crippen LogP contribution in [-0.2, 0) is 13.5 Å². The van der Waals surface area contributed by atoms with Gasteiger partial charge in [-0.2, -0.15) is 4.57 Å². The average Bonchev–Trinajstić information content (AvgIpc) is 3.27. The van der Waals surface area contributed by atoms with Crippen LogP contribution in [-0.4, -0.2) is 0 Å². The van der Waals surface area contributed by atoms with E-state index in [1.807, 2.05) is 32.2 Å². The van der Waals surface area contributed by atoms with Gasteiger partial charge in [0.15, 0.2) is 11.4 Å². The Morgan fingerprint density at radius 3 is 2.32 bits per heavy atom. The Balaban J connectivity index is 1.92. The Bertz CT molecular complexity index is 1840. The van der Waals surface area contributed by atoms with Crippen molar-refractivity contribution in [1.82, 2.24) is 0 Å². The summed E-state index contributed by atoms with van der Waals surface area (Å²) in [4.78, 5) is 3.64. The van der Waals surface area contributed by atoms with E-state index in [0.717, 1.165) is 39.7 Å². The Morgan fingerprint density at radius 1 is 0.971 bits per heavy atom. The molecule has 0 unspecified atom stereocenters. The van der Waals surface area contributed by atoms with Crippen molar-refractivity contribution < 1.29 is 15.8 Å². The fraction of sp³-hybridized carbons (Fsp3) is 0.226. The van der Waals surface area contributed by atoms with E-state index in [-0.39, 0.29) is 28.9 Å². The molecule has 0 saturated heterocycles. The zero-order valence-corrected chi connectivity index (χ0v) is 20.1. The summed E-state index contributed by atoms with van der Waals surface area (Å²) in [6.45, 7) is 16.3. The number of aryl methyl sites for hydroxylation is 2. The number of fused-ring (bicyclic) bond motifs is 3. The molecule has 0 atom stereocenters. The van der Waals surface area contributed by atoms with Crippen LogP contribution in [0.3, 0.4) is 0 Å². The topological polar surface area (TPSA) is 21.4 Å². The van der Waals surface area contributed by atoms with Gasteiger partial charge in [0.05, 0.1) is 19.0 Å². The van der Waals surface area contributed by atoms with Gasteiger partial charge in [-0.25, -0.2) is 4.85 Å². The normalized spacial score (nSPS) is 13.5.